The van der Waals surface area contributed by atoms with Crippen molar-refractivity contribution in [2.45, 2.75) is 17.7 Å². The van der Waals surface area contributed by atoms with Gasteiger partial charge in [-0.05, 0) is 24.5 Å². The third-order valence-electron chi connectivity index (χ3n) is 1.54. The fraction of sp³-hybridized carbons (Fsp3) is 0.556. The molecule has 1 aromatic rings. The molecule has 0 bridgehead atoms. The van der Waals surface area contributed by atoms with Gasteiger partial charge in [-0.1, -0.05) is 30.8 Å². The Hall–Kier alpha value is -0.390. The molecule has 1 rings (SSSR count). The summed E-state index contributed by atoms with van der Waals surface area (Å²) in [7, 11) is 0. The van der Waals surface area contributed by atoms with Gasteiger partial charge in [-0.25, -0.2) is 4.98 Å². The molecule has 0 saturated carbocycles. The Morgan fingerprint density at radius 3 is 3.21 bits per heavy atom. The van der Waals surface area contributed by atoms with Crippen LogP contribution in [0.5, 0.6) is 0 Å². The van der Waals surface area contributed by atoms with Crippen molar-refractivity contribution in [3.05, 3.63) is 18.5 Å². The van der Waals surface area contributed by atoms with Crippen LogP contribution in [0.1, 0.15) is 13.3 Å². The lowest BCUT2D eigenvalue weighted by atomic mass is 10.3. The molecule has 1 heterocycles. The Labute approximate surface area is 93.2 Å². The molecule has 0 unspecified atom stereocenters. The van der Waals surface area contributed by atoms with Crippen LogP contribution in [-0.2, 0) is 0 Å². The highest BCUT2D eigenvalue weighted by atomic mass is 32.2. The predicted octanol–water partition coefficient (Wildman–Crippen LogP) is 2.19. The van der Waals surface area contributed by atoms with Crippen molar-refractivity contribution in [3.63, 3.8) is 0 Å². The van der Waals surface area contributed by atoms with Crippen LogP contribution < -0.4 is 5.32 Å². The number of hydrogen-bond acceptors (Lipinski definition) is 5. The van der Waals surface area contributed by atoms with Gasteiger partial charge < -0.3 is 5.32 Å². The average molecular weight is 229 g/mol. The first-order valence-corrected chi connectivity index (χ1v) is 6.35. The predicted molar refractivity (Wildman–Crippen MR) is 62.9 cm³/mol. The van der Waals surface area contributed by atoms with Gasteiger partial charge >= 0.3 is 0 Å². The van der Waals surface area contributed by atoms with E-state index in [2.05, 4.69) is 28.2 Å². The van der Waals surface area contributed by atoms with Gasteiger partial charge in [-0.3, -0.25) is 0 Å². The second-order valence-corrected chi connectivity index (χ2v) is 4.93. The molecule has 0 saturated heterocycles. The van der Waals surface area contributed by atoms with Crippen molar-refractivity contribution in [1.82, 2.24) is 14.7 Å². The van der Waals surface area contributed by atoms with E-state index in [4.69, 9.17) is 0 Å². The number of nitrogens with one attached hydrogen (secondary N) is 1. The van der Waals surface area contributed by atoms with Crippen molar-refractivity contribution in [2.24, 2.45) is 0 Å². The monoisotopic (exact) mass is 229 g/mol. The van der Waals surface area contributed by atoms with Gasteiger partial charge in [0.2, 0.25) is 0 Å². The normalized spacial score (nSPS) is 10.4. The number of nitrogens with zero attached hydrogens (tertiary/aromatic N) is 2. The third kappa shape index (κ3) is 4.74. The van der Waals surface area contributed by atoms with Gasteiger partial charge in [-0.2, -0.15) is 4.37 Å². The van der Waals surface area contributed by atoms with Crippen LogP contribution in [0.4, 0.5) is 0 Å². The van der Waals surface area contributed by atoms with Crippen LogP contribution in [0.15, 0.2) is 22.8 Å². The largest absolute Gasteiger partial charge is 0.313 e. The Balaban J connectivity index is 2.09. The second-order valence-electron chi connectivity index (χ2n) is 2.92. The lowest BCUT2D eigenvalue weighted by Gasteiger charge is -2.04. The van der Waals surface area contributed by atoms with Gasteiger partial charge in [0.15, 0.2) is 4.34 Å². The van der Waals surface area contributed by atoms with Gasteiger partial charge in [0.05, 0.1) is 0 Å². The zero-order chi connectivity index (χ0) is 10.2. The number of aromatic nitrogens is 2. The van der Waals surface area contributed by atoms with Gasteiger partial charge in [-0.15, -0.1) is 0 Å². The number of thioether (sulfide) groups is 1. The lowest BCUT2D eigenvalue weighted by Crippen LogP contribution is -2.18. The molecule has 0 aliphatic carbocycles. The molecule has 0 atom stereocenters. The number of hydrogen-bond donors (Lipinski definition) is 1. The highest BCUT2D eigenvalue weighted by Gasteiger charge is 1.99. The van der Waals surface area contributed by atoms with Crippen molar-refractivity contribution in [1.29, 1.82) is 0 Å². The lowest BCUT2D eigenvalue weighted by molar-refractivity contribution is 0.716. The fourth-order valence-electron chi connectivity index (χ4n) is 0.883. The van der Waals surface area contributed by atoms with Gasteiger partial charge in [0.25, 0.3) is 0 Å². The van der Waals surface area contributed by atoms with Crippen LogP contribution >= 0.6 is 23.3 Å². The van der Waals surface area contributed by atoms with E-state index in [-0.39, 0.29) is 0 Å². The Morgan fingerprint density at radius 1 is 1.71 bits per heavy atom. The molecule has 5 heteroatoms. The number of rotatable bonds is 7. The van der Waals surface area contributed by atoms with Crippen LogP contribution in [0.3, 0.4) is 0 Å². The molecular weight excluding hydrogens is 214 g/mol. The zero-order valence-corrected chi connectivity index (χ0v) is 9.96. The minimum atomic E-state index is 0.902. The fourth-order valence-corrected chi connectivity index (χ4v) is 2.23. The van der Waals surface area contributed by atoms with Crippen LogP contribution in [0, 0.1) is 0 Å². The summed E-state index contributed by atoms with van der Waals surface area (Å²) in [4.78, 5) is 4.09. The summed E-state index contributed by atoms with van der Waals surface area (Å²) in [6, 6.07) is 0. The van der Waals surface area contributed by atoms with Crippen molar-refractivity contribution in [3.8, 4) is 0 Å². The second kappa shape index (κ2) is 6.98. The Morgan fingerprint density at radius 2 is 2.57 bits per heavy atom. The smallest absolute Gasteiger partial charge is 0.170 e. The maximum Gasteiger partial charge on any atom is 0.170 e. The summed E-state index contributed by atoms with van der Waals surface area (Å²) >= 11 is 3.13. The molecular formula is C9H15N3S2. The molecule has 0 aromatic carbocycles. The quantitative estimate of drug-likeness (QED) is 0.442. The first-order chi connectivity index (χ1) is 6.83. The average Bonchev–Trinajstić information content (AvgIpc) is 2.68. The summed E-state index contributed by atoms with van der Waals surface area (Å²) in [5, 5.41) is 3.32. The topological polar surface area (TPSA) is 37.8 Å². The molecule has 1 aromatic heterocycles. The molecule has 0 aliphatic heterocycles. The molecule has 0 amide bonds. The summed E-state index contributed by atoms with van der Waals surface area (Å²) < 4.78 is 4.96. The van der Waals surface area contributed by atoms with E-state index in [1.165, 1.54) is 17.1 Å². The maximum absolute atomic E-state index is 4.09. The molecule has 3 nitrogen and oxygen atoms in total. The Bertz CT molecular complexity index is 259. The summed E-state index contributed by atoms with van der Waals surface area (Å²) in [5.41, 5.74) is 1.21. The summed E-state index contributed by atoms with van der Waals surface area (Å²) in [6.45, 7) is 8.12. The molecule has 0 radical (unpaired) electrons. The Kier molecular flexibility index (Phi) is 5.82. The van der Waals surface area contributed by atoms with E-state index in [1.807, 2.05) is 0 Å². The molecule has 14 heavy (non-hydrogen) atoms. The SMILES string of the molecule is C=C(CNCCC)CSc1ncns1. The van der Waals surface area contributed by atoms with E-state index in [9.17, 15) is 0 Å². The standard InChI is InChI=1S/C9H15N3S2/c1-3-4-10-5-8(2)6-13-9-11-7-12-14-9/h7,10H,2-6H2,1H3. The van der Waals surface area contributed by atoms with Crippen molar-refractivity contribution in [2.75, 3.05) is 18.8 Å². The third-order valence-corrected chi connectivity index (χ3v) is 3.49. The highest BCUT2D eigenvalue weighted by molar-refractivity contribution is 8.01. The minimum Gasteiger partial charge on any atom is -0.313 e. The van der Waals surface area contributed by atoms with Gasteiger partial charge in [0, 0.05) is 12.3 Å². The molecule has 0 aliphatic rings. The van der Waals surface area contributed by atoms with E-state index in [0.29, 0.717) is 0 Å². The van der Waals surface area contributed by atoms with E-state index >= 15 is 0 Å². The highest BCUT2D eigenvalue weighted by Crippen LogP contribution is 2.19. The minimum absolute atomic E-state index is 0.902. The van der Waals surface area contributed by atoms with E-state index in [1.54, 1.807) is 18.1 Å². The molecule has 0 spiro atoms. The van der Waals surface area contributed by atoms with E-state index in [0.717, 1.165) is 29.6 Å². The van der Waals surface area contributed by atoms with Crippen LogP contribution in [0.2, 0.25) is 0 Å². The van der Waals surface area contributed by atoms with Crippen LogP contribution in [0.25, 0.3) is 0 Å². The van der Waals surface area contributed by atoms with Crippen LogP contribution in [-0.4, -0.2) is 28.2 Å². The first kappa shape index (κ1) is 11.7. The van der Waals surface area contributed by atoms with Gasteiger partial charge in [0.1, 0.15) is 6.33 Å². The van der Waals surface area contributed by atoms with E-state index < -0.39 is 0 Å². The summed E-state index contributed by atoms with van der Waals surface area (Å²) in [5.74, 6) is 0.923. The molecule has 0 fully saturated rings. The molecule has 78 valence electrons. The first-order valence-electron chi connectivity index (χ1n) is 4.59. The zero-order valence-electron chi connectivity index (χ0n) is 8.32. The van der Waals surface area contributed by atoms with Crippen molar-refractivity contribution < 1.29 is 0 Å². The molecule has 1 N–H and O–H groups in total. The summed E-state index contributed by atoms with van der Waals surface area (Å²) in [6.07, 6.45) is 2.75. The maximum atomic E-state index is 4.09. The van der Waals surface area contributed by atoms with Crippen molar-refractivity contribution >= 4 is 23.3 Å².